The first-order valence-electron chi connectivity index (χ1n) is 11.6. The van der Waals surface area contributed by atoms with Crippen LogP contribution < -0.4 is 19.1 Å². The molecule has 0 N–H and O–H groups in total. The van der Waals surface area contributed by atoms with Crippen LogP contribution in [0.4, 0.5) is 5.13 Å². The van der Waals surface area contributed by atoms with E-state index in [0.29, 0.717) is 41.1 Å². The number of anilines is 1. The van der Waals surface area contributed by atoms with Gasteiger partial charge in [0.25, 0.3) is 5.91 Å². The monoisotopic (exact) mass is 491 g/mol. The second-order valence-electron chi connectivity index (χ2n) is 8.01. The summed E-state index contributed by atoms with van der Waals surface area (Å²) in [5.41, 5.74) is 2.18. The summed E-state index contributed by atoms with van der Waals surface area (Å²) in [6.45, 7) is 3.12. The Balaban J connectivity index is 1.68. The lowest BCUT2D eigenvalue weighted by molar-refractivity contribution is 0.0984. The van der Waals surface area contributed by atoms with E-state index >= 15 is 0 Å². The Hall–Kier alpha value is -3.65. The first kappa shape index (κ1) is 24.5. The van der Waals surface area contributed by atoms with E-state index in [9.17, 15) is 4.79 Å². The molecule has 0 fully saturated rings. The second kappa shape index (κ2) is 11.7. The van der Waals surface area contributed by atoms with Gasteiger partial charge in [-0.25, -0.2) is 4.98 Å². The molecular weight excluding hydrogens is 462 g/mol. The molecule has 0 aliphatic heterocycles. The molecule has 2 aromatic carbocycles. The normalized spacial score (nSPS) is 10.8. The number of methoxy groups -OCH3 is 2. The maximum Gasteiger partial charge on any atom is 0.260 e. The molecule has 8 heteroatoms. The number of hydrogen-bond acceptors (Lipinski definition) is 7. The Morgan fingerprint density at radius 2 is 1.86 bits per heavy atom. The van der Waals surface area contributed by atoms with E-state index in [-0.39, 0.29) is 5.91 Å². The van der Waals surface area contributed by atoms with Gasteiger partial charge < -0.3 is 14.2 Å². The Labute approximate surface area is 209 Å². The predicted octanol–water partition coefficient (Wildman–Crippen LogP) is 6.12. The zero-order valence-electron chi connectivity index (χ0n) is 20.2. The predicted molar refractivity (Wildman–Crippen MR) is 139 cm³/mol. The highest BCUT2D eigenvalue weighted by molar-refractivity contribution is 7.22. The molecule has 7 nitrogen and oxygen atoms in total. The Morgan fingerprint density at radius 3 is 2.60 bits per heavy atom. The van der Waals surface area contributed by atoms with E-state index in [1.807, 2.05) is 36.4 Å². The van der Waals surface area contributed by atoms with Crippen molar-refractivity contribution in [3.63, 3.8) is 0 Å². The molecule has 4 rings (SSSR count). The summed E-state index contributed by atoms with van der Waals surface area (Å²) in [5, 5.41) is 0.582. The number of thiazole rings is 1. The molecule has 0 saturated heterocycles. The minimum Gasteiger partial charge on any atom is -0.494 e. The lowest BCUT2D eigenvalue weighted by Crippen LogP contribution is -2.30. The zero-order valence-corrected chi connectivity index (χ0v) is 21.0. The number of fused-ring (bicyclic) bond motifs is 1. The molecule has 0 spiro atoms. The van der Waals surface area contributed by atoms with Crippen LogP contribution in [0.3, 0.4) is 0 Å². The van der Waals surface area contributed by atoms with Crippen LogP contribution in [0.15, 0.2) is 60.9 Å². The minimum absolute atomic E-state index is 0.161. The number of benzene rings is 2. The van der Waals surface area contributed by atoms with Crippen LogP contribution in [0, 0.1) is 0 Å². The number of nitrogens with zero attached hydrogens (tertiary/aromatic N) is 3. The van der Waals surface area contributed by atoms with Crippen molar-refractivity contribution in [3.05, 3.63) is 72.1 Å². The smallest absolute Gasteiger partial charge is 0.260 e. The molecule has 0 aliphatic rings. The molecule has 0 aliphatic carbocycles. The van der Waals surface area contributed by atoms with E-state index in [1.54, 1.807) is 43.6 Å². The number of unbranched alkanes of at least 4 members (excludes halogenated alkanes) is 2. The van der Waals surface area contributed by atoms with Gasteiger partial charge in [0, 0.05) is 30.1 Å². The Morgan fingerprint density at radius 1 is 1.03 bits per heavy atom. The third-order valence-electron chi connectivity index (χ3n) is 5.52. The van der Waals surface area contributed by atoms with Crippen LogP contribution >= 0.6 is 11.3 Å². The van der Waals surface area contributed by atoms with Crippen molar-refractivity contribution in [2.75, 3.05) is 25.7 Å². The molecule has 2 heterocycles. The van der Waals surface area contributed by atoms with Crippen molar-refractivity contribution < 1.29 is 19.0 Å². The quantitative estimate of drug-likeness (QED) is 0.235. The average Bonchev–Trinajstić information content (AvgIpc) is 3.32. The van der Waals surface area contributed by atoms with E-state index in [1.165, 1.54) is 11.3 Å². The number of aromatic nitrogens is 2. The van der Waals surface area contributed by atoms with Gasteiger partial charge in [-0.1, -0.05) is 43.2 Å². The molecule has 35 heavy (non-hydrogen) atoms. The highest BCUT2D eigenvalue weighted by Gasteiger charge is 2.23. The van der Waals surface area contributed by atoms with E-state index in [2.05, 4.69) is 11.9 Å². The molecular formula is C27H29N3O4S. The molecule has 2 aromatic heterocycles. The molecule has 182 valence electrons. The number of carbonyl (C=O) groups is 1. The van der Waals surface area contributed by atoms with Crippen molar-refractivity contribution >= 4 is 32.6 Å². The van der Waals surface area contributed by atoms with E-state index in [0.717, 1.165) is 35.0 Å². The number of pyridine rings is 1. The number of rotatable bonds is 11. The summed E-state index contributed by atoms with van der Waals surface area (Å²) in [5.74, 6) is 1.74. The van der Waals surface area contributed by atoms with Gasteiger partial charge in [-0.2, -0.15) is 0 Å². The van der Waals surface area contributed by atoms with Crippen LogP contribution in [0.2, 0.25) is 0 Å². The molecule has 0 radical (unpaired) electrons. The number of carbonyl (C=O) groups excluding carboxylic acids is 1. The van der Waals surface area contributed by atoms with Crippen molar-refractivity contribution in [3.8, 4) is 17.2 Å². The lowest BCUT2D eigenvalue weighted by Gasteiger charge is -2.20. The maximum absolute atomic E-state index is 13.8. The third kappa shape index (κ3) is 5.89. The Kier molecular flexibility index (Phi) is 8.15. The van der Waals surface area contributed by atoms with E-state index < -0.39 is 0 Å². The van der Waals surface area contributed by atoms with Crippen LogP contribution in [-0.2, 0) is 6.54 Å². The minimum atomic E-state index is -0.161. The fraction of sp³-hybridized carbons (Fsp3) is 0.296. The highest BCUT2D eigenvalue weighted by atomic mass is 32.1. The van der Waals surface area contributed by atoms with Crippen molar-refractivity contribution in [2.24, 2.45) is 0 Å². The van der Waals surface area contributed by atoms with Crippen LogP contribution in [-0.4, -0.2) is 36.7 Å². The summed E-state index contributed by atoms with van der Waals surface area (Å²) in [7, 11) is 3.19. The van der Waals surface area contributed by atoms with Crippen LogP contribution in [0.25, 0.3) is 10.2 Å². The summed E-state index contributed by atoms with van der Waals surface area (Å²) in [6.07, 6.45) is 6.70. The standard InChI is InChI=1S/C27H29N3O4S/c1-4-5-6-13-34-21-11-7-10-20(14-21)26(31)30(18-19-9-8-12-28-17-19)27-29-22-15-23(32-2)24(33-3)16-25(22)35-27/h7-12,14-17H,4-6,13,18H2,1-3H3. The van der Waals surface area contributed by atoms with Gasteiger partial charge in [0.1, 0.15) is 5.75 Å². The van der Waals surface area contributed by atoms with Crippen molar-refractivity contribution in [1.82, 2.24) is 9.97 Å². The van der Waals surface area contributed by atoms with Gasteiger partial charge in [-0.15, -0.1) is 0 Å². The summed E-state index contributed by atoms with van der Waals surface area (Å²) in [6, 6.07) is 14.8. The number of ether oxygens (including phenoxy) is 3. The second-order valence-corrected chi connectivity index (χ2v) is 9.02. The summed E-state index contributed by atoms with van der Waals surface area (Å²) < 4.78 is 17.6. The van der Waals surface area contributed by atoms with Gasteiger partial charge in [0.15, 0.2) is 16.6 Å². The molecule has 0 saturated carbocycles. The summed E-state index contributed by atoms with van der Waals surface area (Å²) >= 11 is 1.43. The fourth-order valence-electron chi connectivity index (χ4n) is 3.68. The van der Waals surface area contributed by atoms with Gasteiger partial charge in [0.2, 0.25) is 0 Å². The van der Waals surface area contributed by atoms with Gasteiger partial charge in [-0.05, 0) is 36.2 Å². The van der Waals surface area contributed by atoms with Crippen molar-refractivity contribution in [1.29, 1.82) is 0 Å². The zero-order chi connectivity index (χ0) is 24.6. The molecule has 1 amide bonds. The Bertz CT molecular complexity index is 1240. The largest absolute Gasteiger partial charge is 0.494 e. The number of amides is 1. The van der Waals surface area contributed by atoms with Gasteiger partial charge in [-0.3, -0.25) is 14.7 Å². The molecule has 0 unspecified atom stereocenters. The van der Waals surface area contributed by atoms with Gasteiger partial charge >= 0.3 is 0 Å². The molecule has 0 atom stereocenters. The third-order valence-corrected chi connectivity index (χ3v) is 6.56. The van der Waals surface area contributed by atoms with Crippen molar-refractivity contribution in [2.45, 2.75) is 32.7 Å². The fourth-order valence-corrected chi connectivity index (χ4v) is 4.65. The molecule has 0 bridgehead atoms. The topological polar surface area (TPSA) is 73.8 Å². The van der Waals surface area contributed by atoms with E-state index in [4.69, 9.17) is 19.2 Å². The average molecular weight is 492 g/mol. The SMILES string of the molecule is CCCCCOc1cccc(C(=O)N(Cc2cccnc2)c2nc3cc(OC)c(OC)cc3s2)c1. The maximum atomic E-state index is 13.8. The highest BCUT2D eigenvalue weighted by Crippen LogP contribution is 2.38. The summed E-state index contributed by atoms with van der Waals surface area (Å²) in [4.78, 5) is 24.4. The first-order valence-corrected chi connectivity index (χ1v) is 12.4. The first-order chi connectivity index (χ1) is 17.1. The van der Waals surface area contributed by atoms with Crippen LogP contribution in [0.5, 0.6) is 17.2 Å². The molecule has 4 aromatic rings. The lowest BCUT2D eigenvalue weighted by atomic mass is 10.1. The van der Waals surface area contributed by atoms with Crippen LogP contribution in [0.1, 0.15) is 42.1 Å². The number of hydrogen-bond donors (Lipinski definition) is 0. The van der Waals surface area contributed by atoms with Gasteiger partial charge in [0.05, 0.1) is 37.6 Å².